The molecule has 26 nitrogen and oxygen atoms in total. The lowest BCUT2D eigenvalue weighted by Gasteiger charge is -2.70. The van der Waals surface area contributed by atoms with Gasteiger partial charge in [-0.1, -0.05) is 39.3 Å². The molecule has 2 bridgehead atoms. The predicted molar refractivity (Wildman–Crippen MR) is 283 cm³/mol. The van der Waals surface area contributed by atoms with E-state index >= 15 is 0 Å². The fraction of sp³-hybridized carbons (Fsp3) is 0.966. The molecule has 14 N–H and O–H groups in total. The van der Waals surface area contributed by atoms with Crippen LogP contribution in [0.4, 0.5) is 0 Å². The molecule has 34 atom stereocenters. The Balaban J connectivity index is 0.870. The van der Waals surface area contributed by atoms with Gasteiger partial charge in [-0.3, -0.25) is 0 Å². The van der Waals surface area contributed by atoms with E-state index in [0.29, 0.717) is 19.4 Å². The van der Waals surface area contributed by atoms with Crippen LogP contribution >= 0.6 is 0 Å². The maximum atomic E-state index is 12.3. The fourth-order valence-corrected chi connectivity index (χ4v) is 18.3. The van der Waals surface area contributed by atoms with Crippen molar-refractivity contribution in [2.45, 2.75) is 272 Å². The van der Waals surface area contributed by atoms with Crippen molar-refractivity contribution in [2.24, 2.45) is 45.3 Å². The Morgan fingerprint density at radius 2 is 1.21 bits per heavy atom. The van der Waals surface area contributed by atoms with Gasteiger partial charge in [0, 0.05) is 24.2 Å². The Labute approximate surface area is 488 Å². The molecule has 0 amide bonds. The maximum Gasteiger partial charge on any atom is 0.187 e. The Morgan fingerprint density at radius 3 is 1.93 bits per heavy atom. The van der Waals surface area contributed by atoms with E-state index in [-0.39, 0.29) is 46.0 Å². The van der Waals surface area contributed by atoms with Gasteiger partial charge in [0.05, 0.1) is 56.9 Å². The summed E-state index contributed by atoms with van der Waals surface area (Å²) < 4.78 is 75.5. The molecular formula is C58H94O26. The van der Waals surface area contributed by atoms with Gasteiger partial charge in [-0.15, -0.1) is 0 Å². The number of hydrogen-bond donors (Lipinski definition) is 14. The molecule has 7 aliphatic heterocycles. The van der Waals surface area contributed by atoms with Crippen molar-refractivity contribution in [3.05, 3.63) is 11.6 Å². The van der Waals surface area contributed by atoms with Crippen LogP contribution in [0.2, 0.25) is 0 Å². The first-order valence-electron chi connectivity index (χ1n) is 30.3. The van der Waals surface area contributed by atoms with Gasteiger partial charge < -0.3 is 128 Å². The van der Waals surface area contributed by atoms with Crippen LogP contribution in [0.5, 0.6) is 0 Å². The minimum atomic E-state index is -2.04. The maximum absolute atomic E-state index is 12.3. The van der Waals surface area contributed by atoms with Crippen LogP contribution in [0, 0.1) is 45.3 Å². The summed E-state index contributed by atoms with van der Waals surface area (Å²) in [7, 11) is 0. The monoisotopic (exact) mass is 1210 g/mol. The second-order valence-electron chi connectivity index (χ2n) is 28.2. The molecule has 4 saturated carbocycles. The molecular weight excluding hydrogens is 1110 g/mol. The quantitative estimate of drug-likeness (QED) is 0.0658. The molecule has 4 aliphatic carbocycles. The normalized spacial score (nSPS) is 57.1. The molecule has 84 heavy (non-hydrogen) atoms. The van der Waals surface area contributed by atoms with Crippen LogP contribution in [0.15, 0.2) is 11.6 Å². The van der Waals surface area contributed by atoms with Crippen molar-refractivity contribution in [1.29, 1.82) is 0 Å². The summed E-state index contributed by atoms with van der Waals surface area (Å²) in [5.41, 5.74) is -0.980. The highest BCUT2D eigenvalue weighted by Crippen LogP contribution is 2.80. The van der Waals surface area contributed by atoms with E-state index in [4.69, 9.17) is 56.8 Å². The molecule has 0 aromatic carbocycles. The standard InChI is InChI=1S/C58H94O26/c1-23(2)15-25-16-56(8,72)47-26-9-10-32-54(6)13-12-33(53(4,5)31(54)11-14-55(32,7)57(26)21-58(47,84-25)76-22-57)80-51-46(83-50-43(71)38(66)34(62)24(3)77-50)44(28(61)19-74-51)81-52-45(82-49-41(69)35(63)27(60)18-73-49)40(68)37(65)30(79-52)20-75-48-42(70)39(67)36(64)29(17-59)78-48/h15,24-52,59-72H,9-14,16-22H2,1-8H3/t24-,25-,26+,27+,28-,29?,30+,31-,32+,33-,34-,35-,36+,37+,38+,39-,40-,41+,42+,43+,44-,45+,46+,47-,48+,49-,50-,51-,52-,54-,55+,56-,57-,58-/m0/s1. The van der Waals surface area contributed by atoms with Crippen molar-refractivity contribution >= 4 is 0 Å². The van der Waals surface area contributed by atoms with Gasteiger partial charge in [-0.25, -0.2) is 0 Å². The fourth-order valence-electron chi connectivity index (χ4n) is 18.3. The van der Waals surface area contributed by atoms with Crippen LogP contribution in [0.1, 0.15) is 107 Å². The van der Waals surface area contributed by atoms with Crippen LogP contribution in [0.25, 0.3) is 0 Å². The average Bonchev–Trinajstić information content (AvgIpc) is 1.44. The van der Waals surface area contributed by atoms with E-state index in [1.165, 1.54) is 6.92 Å². The van der Waals surface area contributed by atoms with Gasteiger partial charge >= 0.3 is 0 Å². The summed E-state index contributed by atoms with van der Waals surface area (Å²) in [6.07, 6.45) is -31.8. The first-order valence-corrected chi connectivity index (χ1v) is 30.3. The summed E-state index contributed by atoms with van der Waals surface area (Å²) >= 11 is 0. The number of hydrogen-bond acceptors (Lipinski definition) is 26. The molecule has 0 aromatic rings. The molecule has 26 heteroatoms. The lowest BCUT2D eigenvalue weighted by molar-refractivity contribution is -0.401. The van der Waals surface area contributed by atoms with Crippen LogP contribution in [-0.2, 0) is 56.8 Å². The van der Waals surface area contributed by atoms with E-state index in [0.717, 1.165) is 44.1 Å². The molecule has 0 radical (unpaired) electrons. The van der Waals surface area contributed by atoms with Crippen molar-refractivity contribution < 1.29 is 128 Å². The summed E-state index contributed by atoms with van der Waals surface area (Å²) in [4.78, 5) is 0. The third kappa shape index (κ3) is 10.5. The number of aliphatic hydroxyl groups excluding tert-OH is 13. The molecule has 7 saturated heterocycles. The van der Waals surface area contributed by atoms with E-state index in [1.807, 2.05) is 20.8 Å². The Kier molecular flexibility index (Phi) is 17.9. The van der Waals surface area contributed by atoms with Gasteiger partial charge in [0.1, 0.15) is 104 Å². The number of aliphatic hydroxyl groups is 14. The highest BCUT2D eigenvalue weighted by molar-refractivity contribution is 5.27. The van der Waals surface area contributed by atoms with E-state index in [2.05, 4.69) is 33.8 Å². The van der Waals surface area contributed by atoms with E-state index in [1.54, 1.807) is 0 Å². The first-order chi connectivity index (χ1) is 39.4. The third-order valence-electron chi connectivity index (χ3n) is 22.5. The number of rotatable bonds is 13. The minimum absolute atomic E-state index is 0.110. The smallest absolute Gasteiger partial charge is 0.187 e. The largest absolute Gasteiger partial charge is 0.394 e. The molecule has 482 valence electrons. The number of allylic oxidation sites excluding steroid dienone is 1. The van der Waals surface area contributed by atoms with Gasteiger partial charge in [0.2, 0.25) is 0 Å². The molecule has 11 rings (SSSR count). The molecule has 1 unspecified atom stereocenters. The van der Waals surface area contributed by atoms with Gasteiger partial charge in [0.15, 0.2) is 37.2 Å². The zero-order chi connectivity index (χ0) is 60.7. The summed E-state index contributed by atoms with van der Waals surface area (Å²) in [6, 6.07) is 0. The topological polar surface area (TPSA) is 394 Å². The SMILES string of the molecule is CC(C)=C[C@H]1C[C@](C)(O)[C@@H]2[C@H]3CC[C@@H]4[C@@]5(C)CC[C@H](O[C@@H]6OC[C@H](O)[C@H](O[C@@H]7O[C@H](CO[C@@H]8OC(CO)[C@@H](O)[C@H](O)[C@H]8O)[C@@H](O)[C@H](O)[C@H]7O[C@@H]7OC[C@@H](O)[C@H](O)[C@H]7O)[C@H]6O[C@@H]6O[C@@H](C)[C@H](O)[C@@H](O)[C@H]6O)C(C)(C)[C@@H]5CC[C@@]4(C)[C@@]34CO[C@@]2(C4)O1. The summed E-state index contributed by atoms with van der Waals surface area (Å²) in [5, 5.41) is 154. The van der Waals surface area contributed by atoms with Crippen molar-refractivity contribution in [2.75, 3.05) is 33.0 Å². The van der Waals surface area contributed by atoms with Crippen LogP contribution < -0.4 is 0 Å². The molecule has 11 aliphatic rings. The molecule has 11 fully saturated rings. The lowest BCUT2D eigenvalue weighted by Crippen LogP contribution is -2.68. The van der Waals surface area contributed by atoms with E-state index in [9.17, 15) is 71.5 Å². The van der Waals surface area contributed by atoms with Crippen molar-refractivity contribution in [3.8, 4) is 0 Å². The second kappa shape index (κ2) is 23.4. The zero-order valence-corrected chi connectivity index (χ0v) is 49.2. The Bertz CT molecular complexity index is 2330. The summed E-state index contributed by atoms with van der Waals surface area (Å²) in [5.74, 6) is -0.440. The van der Waals surface area contributed by atoms with E-state index < -0.39 is 191 Å². The van der Waals surface area contributed by atoms with Crippen molar-refractivity contribution in [3.63, 3.8) is 0 Å². The van der Waals surface area contributed by atoms with Gasteiger partial charge in [-0.2, -0.15) is 0 Å². The Morgan fingerprint density at radius 1 is 0.583 bits per heavy atom. The van der Waals surface area contributed by atoms with Gasteiger partial charge in [0.25, 0.3) is 0 Å². The zero-order valence-electron chi connectivity index (χ0n) is 49.2. The van der Waals surface area contributed by atoms with Crippen LogP contribution in [0.3, 0.4) is 0 Å². The van der Waals surface area contributed by atoms with Crippen molar-refractivity contribution in [1.82, 2.24) is 0 Å². The van der Waals surface area contributed by atoms with Crippen LogP contribution in [-0.4, -0.2) is 269 Å². The summed E-state index contributed by atoms with van der Waals surface area (Å²) in [6.45, 7) is 14.8. The lowest BCUT2D eigenvalue weighted by atomic mass is 9.35. The second-order valence-corrected chi connectivity index (χ2v) is 28.2. The average molecular weight is 1210 g/mol. The molecule has 2 spiro atoms. The number of ether oxygens (including phenoxy) is 12. The Hall–Kier alpha value is -1.30. The highest BCUT2D eigenvalue weighted by Gasteiger charge is 2.81. The highest BCUT2D eigenvalue weighted by atomic mass is 16.8. The van der Waals surface area contributed by atoms with Gasteiger partial charge in [-0.05, 0) is 100 Å². The minimum Gasteiger partial charge on any atom is -0.394 e. The molecule has 7 heterocycles. The predicted octanol–water partition coefficient (Wildman–Crippen LogP) is -2.72. The number of fused-ring (bicyclic) bond motifs is 4. The molecule has 0 aromatic heterocycles. The third-order valence-corrected chi connectivity index (χ3v) is 22.5. The first kappa shape index (κ1) is 64.2.